The van der Waals surface area contributed by atoms with Crippen LogP contribution in [0.4, 0.5) is 10.5 Å². The second kappa shape index (κ2) is 7.62. The Labute approximate surface area is 141 Å². The lowest BCUT2D eigenvalue weighted by molar-refractivity contribution is 0.200. The summed E-state index contributed by atoms with van der Waals surface area (Å²) in [4.78, 5) is 16.1. The minimum Gasteiger partial charge on any atom is -0.333 e. The Kier molecular flexibility index (Phi) is 5.31. The first-order valence-corrected chi connectivity index (χ1v) is 9.02. The predicted octanol–water partition coefficient (Wildman–Crippen LogP) is 4.10. The second-order valence-corrected chi connectivity index (χ2v) is 6.94. The van der Waals surface area contributed by atoms with E-state index in [9.17, 15) is 4.79 Å². The Morgan fingerprint density at radius 3 is 2.52 bits per heavy atom. The van der Waals surface area contributed by atoms with Crippen molar-refractivity contribution in [1.82, 2.24) is 10.2 Å². The molecule has 5 heteroatoms. The lowest BCUT2D eigenvalue weighted by Gasteiger charge is -2.32. The van der Waals surface area contributed by atoms with Crippen molar-refractivity contribution in [1.29, 1.82) is 0 Å². The zero-order chi connectivity index (χ0) is 16.1. The molecule has 2 aromatic rings. The maximum atomic E-state index is 12.3. The van der Waals surface area contributed by atoms with E-state index in [-0.39, 0.29) is 18.1 Å². The quantitative estimate of drug-likeness (QED) is 0.867. The molecular weight excluding hydrogens is 306 g/mol. The molecule has 23 heavy (non-hydrogen) atoms. The third kappa shape index (κ3) is 4.12. The molecule has 1 aromatic carbocycles. The van der Waals surface area contributed by atoms with Gasteiger partial charge in [0.15, 0.2) is 0 Å². The van der Waals surface area contributed by atoms with Crippen LogP contribution in [0.25, 0.3) is 0 Å². The van der Waals surface area contributed by atoms with Gasteiger partial charge in [0.1, 0.15) is 0 Å². The van der Waals surface area contributed by atoms with Crippen LogP contribution in [0.3, 0.4) is 0 Å². The summed E-state index contributed by atoms with van der Waals surface area (Å²) < 4.78 is 0. The van der Waals surface area contributed by atoms with E-state index in [0.29, 0.717) is 0 Å². The van der Waals surface area contributed by atoms with Crippen LogP contribution in [-0.2, 0) is 0 Å². The van der Waals surface area contributed by atoms with E-state index in [4.69, 9.17) is 0 Å². The summed E-state index contributed by atoms with van der Waals surface area (Å²) in [7, 11) is 0. The van der Waals surface area contributed by atoms with Crippen molar-refractivity contribution >= 4 is 23.1 Å². The first-order chi connectivity index (χ1) is 11.2. The van der Waals surface area contributed by atoms with Crippen LogP contribution < -0.4 is 10.6 Å². The number of para-hydroxylation sites is 1. The fourth-order valence-electron chi connectivity index (χ4n) is 3.20. The Morgan fingerprint density at radius 2 is 1.87 bits per heavy atom. The number of benzene rings is 1. The molecule has 4 nitrogen and oxygen atoms in total. The molecule has 1 fully saturated rings. The van der Waals surface area contributed by atoms with Gasteiger partial charge in [-0.05, 0) is 56.4 Å². The lowest BCUT2D eigenvalue weighted by atomic mass is 10.1. The van der Waals surface area contributed by atoms with E-state index in [1.807, 2.05) is 30.3 Å². The number of thiophene rings is 1. The number of rotatable bonds is 5. The highest BCUT2D eigenvalue weighted by atomic mass is 32.1. The van der Waals surface area contributed by atoms with Gasteiger partial charge < -0.3 is 10.6 Å². The molecule has 3 rings (SSSR count). The van der Waals surface area contributed by atoms with Gasteiger partial charge in [-0.2, -0.15) is 0 Å². The average molecular weight is 329 g/mol. The number of nitrogens with zero attached hydrogens (tertiary/aromatic N) is 1. The molecule has 0 spiro atoms. The molecule has 0 unspecified atom stereocenters. The SMILES string of the molecule is C[C@H](NC(=O)Nc1ccccc1)[C@H](c1cccs1)N1CCCC1. The zero-order valence-electron chi connectivity index (χ0n) is 13.4. The summed E-state index contributed by atoms with van der Waals surface area (Å²) in [6, 6.07) is 13.9. The number of carbonyl (C=O) groups excluding carboxylic acids is 1. The third-order valence-electron chi connectivity index (χ3n) is 4.23. The summed E-state index contributed by atoms with van der Waals surface area (Å²) in [5.41, 5.74) is 0.811. The van der Waals surface area contributed by atoms with Gasteiger partial charge in [-0.25, -0.2) is 4.79 Å². The molecule has 0 saturated carbocycles. The van der Waals surface area contributed by atoms with Crippen LogP contribution in [0.15, 0.2) is 47.8 Å². The monoisotopic (exact) mass is 329 g/mol. The maximum absolute atomic E-state index is 12.3. The summed E-state index contributed by atoms with van der Waals surface area (Å²) >= 11 is 1.76. The predicted molar refractivity (Wildman–Crippen MR) is 95.9 cm³/mol. The third-order valence-corrected chi connectivity index (χ3v) is 5.18. The maximum Gasteiger partial charge on any atom is 0.319 e. The number of nitrogens with one attached hydrogen (secondary N) is 2. The lowest BCUT2D eigenvalue weighted by Crippen LogP contribution is -2.45. The van der Waals surface area contributed by atoms with Gasteiger partial charge in [-0.3, -0.25) is 4.90 Å². The Bertz CT molecular complexity index is 608. The van der Waals surface area contributed by atoms with E-state index >= 15 is 0 Å². The number of urea groups is 1. The van der Waals surface area contributed by atoms with Crippen LogP contribution in [0.5, 0.6) is 0 Å². The van der Waals surface area contributed by atoms with Crippen molar-refractivity contribution in [3.8, 4) is 0 Å². The van der Waals surface area contributed by atoms with Crippen molar-refractivity contribution in [2.24, 2.45) is 0 Å². The number of hydrogen-bond donors (Lipinski definition) is 2. The van der Waals surface area contributed by atoms with Gasteiger partial charge in [0.25, 0.3) is 0 Å². The smallest absolute Gasteiger partial charge is 0.319 e. The minimum absolute atomic E-state index is 0.0514. The molecule has 0 bridgehead atoms. The Hall–Kier alpha value is -1.85. The van der Waals surface area contributed by atoms with E-state index in [0.717, 1.165) is 18.8 Å². The van der Waals surface area contributed by atoms with Crippen molar-refractivity contribution in [2.75, 3.05) is 18.4 Å². The highest BCUT2D eigenvalue weighted by molar-refractivity contribution is 7.10. The molecule has 1 aliphatic heterocycles. The van der Waals surface area contributed by atoms with Gasteiger partial charge >= 0.3 is 6.03 Å². The number of carbonyl (C=O) groups is 1. The van der Waals surface area contributed by atoms with E-state index in [1.54, 1.807) is 11.3 Å². The molecule has 0 aliphatic carbocycles. The molecule has 1 saturated heterocycles. The zero-order valence-corrected chi connectivity index (χ0v) is 14.2. The summed E-state index contributed by atoms with van der Waals surface area (Å²) in [6.07, 6.45) is 2.48. The van der Waals surface area contributed by atoms with Crippen LogP contribution in [-0.4, -0.2) is 30.1 Å². The molecule has 2 heterocycles. The van der Waals surface area contributed by atoms with Gasteiger partial charge in [0.05, 0.1) is 6.04 Å². The van der Waals surface area contributed by atoms with Gasteiger partial charge in [0, 0.05) is 16.6 Å². The number of hydrogen-bond acceptors (Lipinski definition) is 3. The second-order valence-electron chi connectivity index (χ2n) is 5.96. The molecule has 122 valence electrons. The van der Waals surface area contributed by atoms with E-state index in [1.165, 1.54) is 17.7 Å². The molecule has 2 N–H and O–H groups in total. The van der Waals surface area contributed by atoms with Crippen molar-refractivity contribution in [3.63, 3.8) is 0 Å². The van der Waals surface area contributed by atoms with Gasteiger partial charge in [-0.15, -0.1) is 11.3 Å². The first kappa shape index (κ1) is 16.0. The molecule has 1 aliphatic rings. The first-order valence-electron chi connectivity index (χ1n) is 8.14. The normalized spacial score (nSPS) is 17.6. The number of anilines is 1. The molecular formula is C18H23N3OS. The number of amides is 2. The van der Waals surface area contributed by atoms with Crippen molar-refractivity contribution in [3.05, 3.63) is 52.7 Å². The topological polar surface area (TPSA) is 44.4 Å². The Morgan fingerprint density at radius 1 is 1.13 bits per heavy atom. The minimum atomic E-state index is -0.149. The standard InChI is InChI=1S/C18H23N3OS/c1-14(19-18(22)20-15-8-3-2-4-9-15)17(16-10-7-13-23-16)21-11-5-6-12-21/h2-4,7-10,13-14,17H,5-6,11-12H2,1H3,(H2,19,20,22)/t14-,17+/m0/s1. The van der Waals surface area contributed by atoms with Crippen molar-refractivity contribution in [2.45, 2.75) is 31.8 Å². The van der Waals surface area contributed by atoms with Gasteiger partial charge in [0.2, 0.25) is 0 Å². The number of likely N-dealkylation sites (tertiary alicyclic amines) is 1. The van der Waals surface area contributed by atoms with Crippen LogP contribution in [0.2, 0.25) is 0 Å². The van der Waals surface area contributed by atoms with Gasteiger partial charge in [-0.1, -0.05) is 24.3 Å². The molecule has 0 radical (unpaired) electrons. The van der Waals surface area contributed by atoms with Crippen LogP contribution in [0.1, 0.15) is 30.7 Å². The Balaban J connectivity index is 1.66. The fourth-order valence-corrected chi connectivity index (χ4v) is 4.16. The average Bonchev–Trinajstić information content (AvgIpc) is 3.22. The highest BCUT2D eigenvalue weighted by Crippen LogP contribution is 2.31. The van der Waals surface area contributed by atoms with E-state index < -0.39 is 0 Å². The van der Waals surface area contributed by atoms with Crippen LogP contribution in [0, 0.1) is 0 Å². The van der Waals surface area contributed by atoms with E-state index in [2.05, 4.69) is 40.0 Å². The largest absolute Gasteiger partial charge is 0.333 e. The molecule has 2 atom stereocenters. The van der Waals surface area contributed by atoms with Crippen LogP contribution >= 0.6 is 11.3 Å². The molecule has 2 amide bonds. The fraction of sp³-hybridized carbons (Fsp3) is 0.389. The highest BCUT2D eigenvalue weighted by Gasteiger charge is 2.29. The summed E-state index contributed by atoms with van der Waals surface area (Å²) in [5, 5.41) is 8.11. The van der Waals surface area contributed by atoms with Crippen molar-refractivity contribution < 1.29 is 4.79 Å². The molecule has 1 aromatic heterocycles. The summed E-state index contributed by atoms with van der Waals surface area (Å²) in [5.74, 6) is 0. The summed E-state index contributed by atoms with van der Waals surface area (Å²) in [6.45, 7) is 4.30.